The largest absolute Gasteiger partial charge is 0.355 e. The number of anilines is 2. The number of benzene rings is 3. The van der Waals surface area contributed by atoms with Crippen molar-refractivity contribution in [2.75, 3.05) is 18.4 Å². The van der Waals surface area contributed by atoms with Crippen LogP contribution in [0.25, 0.3) is 0 Å². The molecule has 1 saturated heterocycles. The molecule has 1 unspecified atom stereocenters. The first kappa shape index (κ1) is 24.4. The molecule has 7 heteroatoms. The Balaban J connectivity index is 1.52. The predicted molar refractivity (Wildman–Crippen MR) is 144 cm³/mol. The number of amides is 1. The van der Waals surface area contributed by atoms with Crippen LogP contribution in [0.4, 0.5) is 15.8 Å². The van der Waals surface area contributed by atoms with Gasteiger partial charge in [-0.1, -0.05) is 30.3 Å². The van der Waals surface area contributed by atoms with E-state index in [1.165, 1.54) is 23.9 Å². The number of nitrogens with one attached hydrogen (secondary N) is 2. The Hall–Kier alpha value is -4.26. The van der Waals surface area contributed by atoms with Crippen LogP contribution in [0.3, 0.4) is 0 Å². The van der Waals surface area contributed by atoms with Gasteiger partial charge in [-0.15, -0.1) is 0 Å². The molecule has 1 amide bonds. The van der Waals surface area contributed by atoms with Gasteiger partial charge in [0.05, 0.1) is 11.8 Å². The van der Waals surface area contributed by atoms with Gasteiger partial charge >= 0.3 is 0 Å². The average molecular weight is 496 g/mol. The number of likely N-dealkylation sites (tertiary alicyclic amines) is 1. The quantitative estimate of drug-likeness (QED) is 0.326. The highest BCUT2D eigenvalue weighted by Crippen LogP contribution is 2.41. The van der Waals surface area contributed by atoms with Crippen LogP contribution in [0, 0.1) is 18.2 Å². The Morgan fingerprint density at radius 1 is 1.16 bits per heavy atom. The number of hydrogen-bond donors (Lipinski definition) is 2. The van der Waals surface area contributed by atoms with E-state index in [1.807, 2.05) is 30.1 Å². The predicted octanol–water partition coefficient (Wildman–Crippen LogP) is 5.64. The molecule has 0 saturated carbocycles. The van der Waals surface area contributed by atoms with Crippen molar-refractivity contribution in [3.05, 3.63) is 113 Å². The van der Waals surface area contributed by atoms with Crippen molar-refractivity contribution in [2.24, 2.45) is 7.05 Å². The molecule has 0 bridgehead atoms. The second-order valence-corrected chi connectivity index (χ2v) is 9.85. The van der Waals surface area contributed by atoms with E-state index in [-0.39, 0.29) is 17.1 Å². The van der Waals surface area contributed by atoms with Gasteiger partial charge in [0.1, 0.15) is 5.82 Å². The van der Waals surface area contributed by atoms with Crippen LogP contribution in [0.15, 0.2) is 79.1 Å². The first-order chi connectivity index (χ1) is 17.9. The van der Waals surface area contributed by atoms with Gasteiger partial charge in [0.2, 0.25) is 0 Å². The molecule has 6 nitrogen and oxygen atoms in total. The zero-order chi connectivity index (χ0) is 26.0. The molecular weight excluding hydrogens is 465 g/mol. The van der Waals surface area contributed by atoms with Gasteiger partial charge < -0.3 is 15.6 Å². The van der Waals surface area contributed by atoms with Gasteiger partial charge in [-0.05, 0) is 72.9 Å². The van der Waals surface area contributed by atoms with Crippen molar-refractivity contribution in [2.45, 2.75) is 25.2 Å². The molecule has 1 aliphatic rings. The minimum Gasteiger partial charge on any atom is -0.355 e. The third-order valence-electron chi connectivity index (χ3n) is 7.22. The standard InChI is InChI=1S/C30H30FN5O/c1-21-14-28(34-26-10-8-25(31)9-11-26)23(17-32)15-27(21)30(16-22-6-4-3-5-7-22)12-13-36(20-30)29(37)24-18-33-35(2)19-24/h3-11,14-15,17-19,32,34H,12-13,16,20H2,1-2H3. The fraction of sp³-hybridized carbons (Fsp3) is 0.233. The molecule has 2 heterocycles. The molecule has 4 aromatic rings. The van der Waals surface area contributed by atoms with Crippen LogP contribution in [-0.2, 0) is 18.9 Å². The summed E-state index contributed by atoms with van der Waals surface area (Å²) in [5.41, 5.74) is 6.02. The lowest BCUT2D eigenvalue weighted by Gasteiger charge is -2.33. The number of hydrogen-bond acceptors (Lipinski definition) is 4. The van der Waals surface area contributed by atoms with E-state index in [0.717, 1.165) is 40.9 Å². The molecule has 1 fully saturated rings. The molecule has 1 aliphatic heterocycles. The topological polar surface area (TPSA) is 74.0 Å². The lowest BCUT2D eigenvalue weighted by Crippen LogP contribution is -2.36. The van der Waals surface area contributed by atoms with Crippen molar-refractivity contribution in [1.82, 2.24) is 14.7 Å². The normalized spacial score (nSPS) is 17.1. The number of carbonyl (C=O) groups is 1. The van der Waals surface area contributed by atoms with E-state index < -0.39 is 0 Å². The van der Waals surface area contributed by atoms with Crippen molar-refractivity contribution < 1.29 is 9.18 Å². The number of aromatic nitrogens is 2. The maximum atomic E-state index is 13.4. The van der Waals surface area contributed by atoms with Gasteiger partial charge in [0.25, 0.3) is 5.91 Å². The van der Waals surface area contributed by atoms with E-state index >= 15 is 0 Å². The molecule has 0 radical (unpaired) electrons. The van der Waals surface area contributed by atoms with Crippen molar-refractivity contribution in [3.63, 3.8) is 0 Å². The van der Waals surface area contributed by atoms with Gasteiger partial charge in [0.15, 0.2) is 0 Å². The van der Waals surface area contributed by atoms with Crippen molar-refractivity contribution >= 4 is 23.5 Å². The highest BCUT2D eigenvalue weighted by Gasteiger charge is 2.43. The van der Waals surface area contributed by atoms with Crippen LogP contribution in [-0.4, -0.2) is 39.9 Å². The van der Waals surface area contributed by atoms with Crippen molar-refractivity contribution in [3.8, 4) is 0 Å². The van der Waals surface area contributed by atoms with E-state index in [2.05, 4.69) is 41.6 Å². The number of rotatable bonds is 7. The summed E-state index contributed by atoms with van der Waals surface area (Å²) in [4.78, 5) is 15.2. The molecular formula is C30H30FN5O. The number of nitrogens with zero attached hydrogens (tertiary/aromatic N) is 3. The summed E-state index contributed by atoms with van der Waals surface area (Å²) >= 11 is 0. The zero-order valence-electron chi connectivity index (χ0n) is 21.0. The Labute approximate surface area is 216 Å². The Kier molecular flexibility index (Phi) is 6.61. The number of aryl methyl sites for hydroxylation is 2. The SMILES string of the molecule is Cc1cc(Nc2ccc(F)cc2)c(C=N)cc1C1(Cc2ccccc2)CCN(C(=O)c2cnn(C)c2)C1. The summed E-state index contributed by atoms with van der Waals surface area (Å²) < 4.78 is 15.0. The summed E-state index contributed by atoms with van der Waals surface area (Å²) in [6.07, 6.45) is 6.32. The van der Waals surface area contributed by atoms with Crippen LogP contribution < -0.4 is 5.32 Å². The summed E-state index contributed by atoms with van der Waals surface area (Å²) in [7, 11) is 1.81. The third kappa shape index (κ3) is 5.03. The number of halogens is 1. The Bertz CT molecular complexity index is 1430. The molecule has 37 heavy (non-hydrogen) atoms. The molecule has 0 aliphatic carbocycles. The fourth-order valence-corrected chi connectivity index (χ4v) is 5.42. The molecule has 2 N–H and O–H groups in total. The minimum absolute atomic E-state index is 0.0115. The second-order valence-electron chi connectivity index (χ2n) is 9.85. The molecule has 3 aromatic carbocycles. The van der Waals surface area contributed by atoms with Crippen LogP contribution >= 0.6 is 0 Å². The van der Waals surface area contributed by atoms with E-state index in [9.17, 15) is 9.18 Å². The van der Waals surface area contributed by atoms with E-state index in [1.54, 1.807) is 29.2 Å². The summed E-state index contributed by atoms with van der Waals surface area (Å²) in [5.74, 6) is -0.304. The van der Waals surface area contributed by atoms with Crippen LogP contribution in [0.1, 0.15) is 39.0 Å². The average Bonchev–Trinajstić information content (AvgIpc) is 3.53. The zero-order valence-corrected chi connectivity index (χ0v) is 21.0. The highest BCUT2D eigenvalue weighted by atomic mass is 19.1. The van der Waals surface area contributed by atoms with Crippen LogP contribution in [0.2, 0.25) is 0 Å². The molecule has 0 spiro atoms. The molecule has 1 atom stereocenters. The maximum absolute atomic E-state index is 13.4. The third-order valence-corrected chi connectivity index (χ3v) is 7.22. The van der Waals surface area contributed by atoms with Gasteiger partial charge in [0, 0.05) is 54.9 Å². The highest BCUT2D eigenvalue weighted by molar-refractivity contribution is 5.94. The summed E-state index contributed by atoms with van der Waals surface area (Å²) in [6.45, 7) is 3.31. The first-order valence-corrected chi connectivity index (χ1v) is 12.4. The number of carbonyl (C=O) groups excluding carboxylic acids is 1. The minimum atomic E-state index is -0.296. The van der Waals surface area contributed by atoms with Gasteiger partial charge in [-0.25, -0.2) is 4.39 Å². The van der Waals surface area contributed by atoms with E-state index in [0.29, 0.717) is 18.7 Å². The smallest absolute Gasteiger partial charge is 0.257 e. The molecule has 188 valence electrons. The van der Waals surface area contributed by atoms with Crippen LogP contribution in [0.5, 0.6) is 0 Å². The Morgan fingerprint density at radius 3 is 2.59 bits per heavy atom. The monoisotopic (exact) mass is 495 g/mol. The maximum Gasteiger partial charge on any atom is 0.257 e. The molecule has 1 aromatic heterocycles. The molecule has 5 rings (SSSR count). The van der Waals surface area contributed by atoms with Crippen molar-refractivity contribution in [1.29, 1.82) is 5.41 Å². The Morgan fingerprint density at radius 2 is 1.92 bits per heavy atom. The second kappa shape index (κ2) is 10.0. The summed E-state index contributed by atoms with van der Waals surface area (Å²) in [6, 6.07) is 20.7. The summed E-state index contributed by atoms with van der Waals surface area (Å²) in [5, 5.41) is 15.6. The fourth-order valence-electron chi connectivity index (χ4n) is 5.42. The van der Waals surface area contributed by atoms with E-state index in [4.69, 9.17) is 5.41 Å². The van der Waals surface area contributed by atoms with Gasteiger partial charge in [-0.2, -0.15) is 5.10 Å². The van der Waals surface area contributed by atoms with Gasteiger partial charge in [-0.3, -0.25) is 9.48 Å². The lowest BCUT2D eigenvalue weighted by atomic mass is 9.72. The lowest BCUT2D eigenvalue weighted by molar-refractivity contribution is 0.0783. The first-order valence-electron chi connectivity index (χ1n) is 12.4.